The third-order valence-electron chi connectivity index (χ3n) is 3.32. The number of benzene rings is 2. The first-order valence-corrected chi connectivity index (χ1v) is 7.44. The maximum atomic E-state index is 3.49. The minimum atomic E-state index is 0.593. The molecule has 0 spiro atoms. The molecule has 2 aromatic carbocycles. The molecule has 0 saturated heterocycles. The summed E-state index contributed by atoms with van der Waals surface area (Å²) in [6.45, 7) is 7.42. The predicted molar refractivity (Wildman–Crippen MR) is 86.7 cm³/mol. The number of halogens is 1. The first kappa shape index (κ1) is 14.1. The lowest BCUT2D eigenvalue weighted by Gasteiger charge is -2.11. The fourth-order valence-corrected chi connectivity index (χ4v) is 2.52. The summed E-state index contributed by atoms with van der Waals surface area (Å²) >= 11 is 3.49. The minimum Gasteiger partial charge on any atom is -0.381 e. The number of hydrogen-bond donors (Lipinski definition) is 1. The first-order chi connectivity index (χ1) is 9.06. The highest BCUT2D eigenvalue weighted by Crippen LogP contribution is 2.21. The topological polar surface area (TPSA) is 12.0 Å². The first-order valence-electron chi connectivity index (χ1n) is 6.65. The molecule has 0 unspecified atom stereocenters. The molecule has 0 aromatic heterocycles. The highest BCUT2D eigenvalue weighted by Gasteiger charge is 2.01. The van der Waals surface area contributed by atoms with Crippen LogP contribution in [0.3, 0.4) is 0 Å². The van der Waals surface area contributed by atoms with Crippen LogP contribution >= 0.6 is 15.9 Å². The minimum absolute atomic E-state index is 0.593. The maximum Gasteiger partial charge on any atom is 0.0400 e. The molecule has 2 rings (SSSR count). The molecule has 0 atom stereocenters. The molecule has 1 nitrogen and oxygen atoms in total. The average molecular weight is 318 g/mol. The van der Waals surface area contributed by atoms with Gasteiger partial charge in [-0.05, 0) is 47.7 Å². The smallest absolute Gasteiger partial charge is 0.0400 e. The molecule has 0 fully saturated rings. The lowest BCUT2D eigenvalue weighted by molar-refractivity contribution is 0.865. The van der Waals surface area contributed by atoms with Gasteiger partial charge in [0.1, 0.15) is 0 Å². The van der Waals surface area contributed by atoms with Crippen LogP contribution in [-0.2, 0) is 6.54 Å². The van der Waals surface area contributed by atoms with Crippen molar-refractivity contribution in [3.63, 3.8) is 0 Å². The van der Waals surface area contributed by atoms with E-state index in [-0.39, 0.29) is 0 Å². The van der Waals surface area contributed by atoms with Crippen molar-refractivity contribution in [1.82, 2.24) is 0 Å². The monoisotopic (exact) mass is 317 g/mol. The Morgan fingerprint density at radius 1 is 1.05 bits per heavy atom. The van der Waals surface area contributed by atoms with Crippen molar-refractivity contribution in [3.05, 3.63) is 63.6 Å². The van der Waals surface area contributed by atoms with E-state index in [1.165, 1.54) is 22.4 Å². The lowest BCUT2D eigenvalue weighted by Crippen LogP contribution is -2.01. The zero-order valence-corrected chi connectivity index (χ0v) is 13.3. The van der Waals surface area contributed by atoms with Crippen molar-refractivity contribution in [2.75, 3.05) is 5.32 Å². The van der Waals surface area contributed by atoms with Crippen LogP contribution in [0.15, 0.2) is 46.9 Å². The molecule has 0 amide bonds. The molecule has 0 saturated carbocycles. The summed E-state index contributed by atoms with van der Waals surface area (Å²) < 4.78 is 1.12. The Balaban J connectivity index is 2.02. The van der Waals surface area contributed by atoms with E-state index >= 15 is 0 Å². The van der Waals surface area contributed by atoms with E-state index in [0.717, 1.165) is 11.0 Å². The van der Waals surface area contributed by atoms with Crippen molar-refractivity contribution >= 4 is 21.6 Å². The molecule has 0 heterocycles. The van der Waals surface area contributed by atoms with Gasteiger partial charge >= 0.3 is 0 Å². The summed E-state index contributed by atoms with van der Waals surface area (Å²) in [6.07, 6.45) is 0. The second-order valence-electron chi connectivity index (χ2n) is 5.21. The van der Waals surface area contributed by atoms with Gasteiger partial charge in [0.2, 0.25) is 0 Å². The lowest BCUT2D eigenvalue weighted by atomic mass is 10.0. The van der Waals surface area contributed by atoms with Gasteiger partial charge in [-0.25, -0.2) is 0 Å². The molecule has 0 aliphatic carbocycles. The summed E-state index contributed by atoms with van der Waals surface area (Å²) in [5.74, 6) is 0.593. The van der Waals surface area contributed by atoms with Gasteiger partial charge in [0.25, 0.3) is 0 Å². The number of hydrogen-bond acceptors (Lipinski definition) is 1. The molecule has 2 aromatic rings. The second kappa shape index (κ2) is 6.25. The third-order valence-corrected chi connectivity index (χ3v) is 3.81. The van der Waals surface area contributed by atoms with Crippen LogP contribution in [0.25, 0.3) is 0 Å². The van der Waals surface area contributed by atoms with E-state index in [1.807, 2.05) is 0 Å². The summed E-state index contributed by atoms with van der Waals surface area (Å²) in [7, 11) is 0. The molecule has 0 bridgehead atoms. The molecule has 19 heavy (non-hydrogen) atoms. The quantitative estimate of drug-likeness (QED) is 0.785. The molecular weight excluding hydrogens is 298 g/mol. The number of nitrogens with one attached hydrogen (secondary N) is 1. The van der Waals surface area contributed by atoms with Gasteiger partial charge in [0, 0.05) is 16.7 Å². The van der Waals surface area contributed by atoms with Crippen molar-refractivity contribution < 1.29 is 0 Å². The molecule has 0 aliphatic heterocycles. The molecule has 2 heteroatoms. The highest BCUT2D eigenvalue weighted by atomic mass is 79.9. The van der Waals surface area contributed by atoms with Crippen molar-refractivity contribution in [2.45, 2.75) is 33.2 Å². The predicted octanol–water partition coefficient (Wildman–Crippen LogP) is 5.49. The summed E-state index contributed by atoms with van der Waals surface area (Å²) in [5, 5.41) is 3.48. The Bertz CT molecular complexity index is 544. The van der Waals surface area contributed by atoms with Crippen LogP contribution in [0.5, 0.6) is 0 Å². The van der Waals surface area contributed by atoms with Gasteiger partial charge < -0.3 is 5.32 Å². The van der Waals surface area contributed by atoms with Gasteiger partial charge in [0.05, 0.1) is 0 Å². The molecule has 1 N–H and O–H groups in total. The summed E-state index contributed by atoms with van der Waals surface area (Å²) in [6, 6.07) is 15.2. The highest BCUT2D eigenvalue weighted by molar-refractivity contribution is 9.10. The molecule has 0 radical (unpaired) electrons. The van der Waals surface area contributed by atoms with E-state index in [0.29, 0.717) is 5.92 Å². The molecule has 100 valence electrons. The van der Waals surface area contributed by atoms with E-state index in [2.05, 4.69) is 84.5 Å². The zero-order valence-electron chi connectivity index (χ0n) is 11.7. The van der Waals surface area contributed by atoms with Crippen LogP contribution in [0.1, 0.15) is 36.5 Å². The van der Waals surface area contributed by atoms with E-state index in [1.54, 1.807) is 0 Å². The van der Waals surface area contributed by atoms with Gasteiger partial charge in [-0.15, -0.1) is 0 Å². The average Bonchev–Trinajstić information content (AvgIpc) is 2.38. The summed E-state index contributed by atoms with van der Waals surface area (Å²) in [4.78, 5) is 0. The maximum absolute atomic E-state index is 3.49. The zero-order chi connectivity index (χ0) is 13.8. The van der Waals surface area contributed by atoms with Crippen LogP contribution in [0.4, 0.5) is 5.69 Å². The third kappa shape index (κ3) is 3.84. The Kier molecular flexibility index (Phi) is 4.65. The Hall–Kier alpha value is -1.28. The number of anilines is 1. The largest absolute Gasteiger partial charge is 0.381 e. The SMILES string of the molecule is Cc1cc(Br)ccc1NCc1ccc(C(C)C)cc1. The Morgan fingerprint density at radius 2 is 1.74 bits per heavy atom. The number of rotatable bonds is 4. The van der Waals surface area contributed by atoms with Crippen LogP contribution in [-0.4, -0.2) is 0 Å². The van der Waals surface area contributed by atoms with Crippen LogP contribution in [0.2, 0.25) is 0 Å². The van der Waals surface area contributed by atoms with Crippen molar-refractivity contribution in [3.8, 4) is 0 Å². The second-order valence-corrected chi connectivity index (χ2v) is 6.12. The van der Waals surface area contributed by atoms with Crippen LogP contribution < -0.4 is 5.32 Å². The normalized spacial score (nSPS) is 10.8. The van der Waals surface area contributed by atoms with E-state index < -0.39 is 0 Å². The standard InChI is InChI=1S/C17H20BrN/c1-12(2)15-6-4-14(5-7-15)11-19-17-9-8-16(18)10-13(17)3/h4-10,12,19H,11H2,1-3H3. The van der Waals surface area contributed by atoms with E-state index in [9.17, 15) is 0 Å². The van der Waals surface area contributed by atoms with Gasteiger partial charge in [-0.1, -0.05) is 54.0 Å². The summed E-state index contributed by atoms with van der Waals surface area (Å²) in [5.41, 5.74) is 5.15. The fourth-order valence-electron chi connectivity index (χ4n) is 2.04. The van der Waals surface area contributed by atoms with Gasteiger partial charge in [-0.2, -0.15) is 0 Å². The van der Waals surface area contributed by atoms with E-state index in [4.69, 9.17) is 0 Å². The molecule has 0 aliphatic rings. The van der Waals surface area contributed by atoms with Gasteiger partial charge in [-0.3, -0.25) is 0 Å². The van der Waals surface area contributed by atoms with Crippen molar-refractivity contribution in [1.29, 1.82) is 0 Å². The van der Waals surface area contributed by atoms with Crippen molar-refractivity contribution in [2.24, 2.45) is 0 Å². The van der Waals surface area contributed by atoms with Gasteiger partial charge in [0.15, 0.2) is 0 Å². The fraction of sp³-hybridized carbons (Fsp3) is 0.294. The molecular formula is C17H20BrN. The number of aryl methyl sites for hydroxylation is 1. The Morgan fingerprint density at radius 3 is 2.32 bits per heavy atom. The Labute approximate surface area is 124 Å². The van der Waals surface area contributed by atoms with Crippen LogP contribution in [0, 0.1) is 6.92 Å².